The van der Waals surface area contributed by atoms with E-state index < -0.39 is 0 Å². The third-order valence-corrected chi connectivity index (χ3v) is 3.40. The molecule has 0 radical (unpaired) electrons. The lowest BCUT2D eigenvalue weighted by atomic mass is 10.2. The zero-order valence-electron chi connectivity index (χ0n) is 8.29. The molecule has 1 fully saturated rings. The second-order valence-corrected chi connectivity index (χ2v) is 5.18. The van der Waals surface area contributed by atoms with Gasteiger partial charge in [0, 0.05) is 22.3 Å². The summed E-state index contributed by atoms with van der Waals surface area (Å²) < 4.78 is 0.954. The Hall–Kier alpha value is -0.610. The lowest BCUT2D eigenvalue weighted by Gasteiger charge is -2.08. The molecule has 1 saturated carbocycles. The molecule has 0 aliphatic heterocycles. The topological polar surface area (TPSA) is 38.0 Å². The summed E-state index contributed by atoms with van der Waals surface area (Å²) >= 11 is 8.40. The van der Waals surface area contributed by atoms with Crippen LogP contribution in [0.4, 0.5) is 5.69 Å². The quantitative estimate of drug-likeness (QED) is 0.835. The molecule has 1 aromatic rings. The Kier molecular flexibility index (Phi) is 3.26. The highest BCUT2D eigenvalue weighted by Gasteiger charge is 2.20. The first kappa shape index (κ1) is 10.9. The molecule has 80 valence electrons. The van der Waals surface area contributed by atoms with Gasteiger partial charge in [0.2, 0.25) is 0 Å². The lowest BCUT2D eigenvalue weighted by molar-refractivity contribution is 0.889. The third-order valence-electron chi connectivity index (χ3n) is 2.53. The maximum absolute atomic E-state index is 5.58. The summed E-state index contributed by atoms with van der Waals surface area (Å²) in [5.74, 6) is 0.874. The van der Waals surface area contributed by atoms with Gasteiger partial charge >= 0.3 is 0 Å². The standard InChI is InChI=1S/C11H13BrN2S/c12-10-5-8(14-6-7-1-2-7)3-4-9(10)11(13)15/h3-5,7,14H,1-2,6H2,(H2,13,15). The average molecular weight is 285 g/mol. The number of nitrogens with one attached hydrogen (secondary N) is 1. The van der Waals surface area contributed by atoms with Crippen LogP contribution < -0.4 is 11.1 Å². The van der Waals surface area contributed by atoms with Crippen molar-refractivity contribution in [1.82, 2.24) is 0 Å². The van der Waals surface area contributed by atoms with Gasteiger partial charge in [-0.2, -0.15) is 0 Å². The van der Waals surface area contributed by atoms with Crippen LogP contribution in [0.25, 0.3) is 0 Å². The molecule has 1 aliphatic carbocycles. The van der Waals surface area contributed by atoms with E-state index in [4.69, 9.17) is 18.0 Å². The van der Waals surface area contributed by atoms with E-state index in [1.807, 2.05) is 18.2 Å². The van der Waals surface area contributed by atoms with Gasteiger partial charge in [-0.25, -0.2) is 0 Å². The summed E-state index contributed by atoms with van der Waals surface area (Å²) in [6.45, 7) is 1.07. The predicted molar refractivity (Wildman–Crippen MR) is 71.2 cm³/mol. The smallest absolute Gasteiger partial charge is 0.105 e. The van der Waals surface area contributed by atoms with Crippen LogP contribution in [0.5, 0.6) is 0 Å². The second kappa shape index (κ2) is 4.49. The normalized spacial score (nSPS) is 15.0. The predicted octanol–water partition coefficient (Wildman–Crippen LogP) is 2.91. The SMILES string of the molecule is NC(=S)c1ccc(NCC2CC2)cc1Br. The molecule has 0 spiro atoms. The first-order chi connectivity index (χ1) is 7.16. The molecule has 0 bridgehead atoms. The van der Waals surface area contributed by atoms with E-state index in [-0.39, 0.29) is 0 Å². The summed E-state index contributed by atoms with van der Waals surface area (Å²) in [5, 5.41) is 3.40. The molecule has 0 atom stereocenters. The van der Waals surface area contributed by atoms with Crippen molar-refractivity contribution in [3.63, 3.8) is 0 Å². The summed E-state index contributed by atoms with van der Waals surface area (Å²) in [4.78, 5) is 0.426. The number of nitrogens with two attached hydrogens (primary N) is 1. The van der Waals surface area contributed by atoms with E-state index in [0.29, 0.717) is 4.99 Å². The van der Waals surface area contributed by atoms with Gasteiger partial charge in [-0.05, 0) is 52.9 Å². The van der Waals surface area contributed by atoms with Gasteiger partial charge in [0.25, 0.3) is 0 Å². The van der Waals surface area contributed by atoms with Crippen LogP contribution in [0, 0.1) is 5.92 Å². The Labute approximate surface area is 103 Å². The van der Waals surface area contributed by atoms with Crippen LogP contribution in [0.3, 0.4) is 0 Å². The van der Waals surface area contributed by atoms with E-state index in [1.165, 1.54) is 12.8 Å². The fourth-order valence-corrected chi connectivity index (χ4v) is 2.31. The van der Waals surface area contributed by atoms with E-state index in [9.17, 15) is 0 Å². The van der Waals surface area contributed by atoms with Crippen molar-refractivity contribution in [3.8, 4) is 0 Å². The Morgan fingerprint density at radius 1 is 1.53 bits per heavy atom. The van der Waals surface area contributed by atoms with Gasteiger partial charge < -0.3 is 11.1 Å². The monoisotopic (exact) mass is 284 g/mol. The average Bonchev–Trinajstić information content (AvgIpc) is 2.97. The van der Waals surface area contributed by atoms with Crippen molar-refractivity contribution < 1.29 is 0 Å². The molecule has 0 heterocycles. The minimum Gasteiger partial charge on any atom is -0.389 e. The molecule has 2 rings (SSSR count). The number of rotatable bonds is 4. The first-order valence-corrected chi connectivity index (χ1v) is 6.20. The number of benzene rings is 1. The number of hydrogen-bond donors (Lipinski definition) is 2. The molecule has 0 aromatic heterocycles. The molecule has 2 nitrogen and oxygen atoms in total. The Morgan fingerprint density at radius 2 is 2.27 bits per heavy atom. The van der Waals surface area contributed by atoms with Gasteiger partial charge in [0.05, 0.1) is 0 Å². The van der Waals surface area contributed by atoms with Gasteiger partial charge in [-0.15, -0.1) is 0 Å². The van der Waals surface area contributed by atoms with Crippen LogP contribution in [0.2, 0.25) is 0 Å². The summed E-state index contributed by atoms with van der Waals surface area (Å²) in [7, 11) is 0. The highest BCUT2D eigenvalue weighted by molar-refractivity contribution is 9.10. The zero-order chi connectivity index (χ0) is 10.8. The van der Waals surface area contributed by atoms with Crippen molar-refractivity contribution in [2.24, 2.45) is 11.7 Å². The van der Waals surface area contributed by atoms with E-state index in [2.05, 4.69) is 21.2 Å². The minimum absolute atomic E-state index is 0.426. The molecular formula is C11H13BrN2S. The Balaban J connectivity index is 2.06. The van der Waals surface area contributed by atoms with Crippen LogP contribution in [-0.4, -0.2) is 11.5 Å². The number of thiocarbonyl (C=S) groups is 1. The number of halogens is 1. The van der Waals surface area contributed by atoms with Crippen LogP contribution >= 0.6 is 28.1 Å². The van der Waals surface area contributed by atoms with Crippen molar-refractivity contribution in [3.05, 3.63) is 28.2 Å². The fourth-order valence-electron chi connectivity index (χ4n) is 1.41. The van der Waals surface area contributed by atoms with Gasteiger partial charge in [0.15, 0.2) is 0 Å². The van der Waals surface area contributed by atoms with E-state index in [0.717, 1.165) is 28.2 Å². The molecule has 15 heavy (non-hydrogen) atoms. The molecule has 0 saturated heterocycles. The minimum atomic E-state index is 0.426. The molecule has 1 aromatic carbocycles. The molecule has 3 N–H and O–H groups in total. The maximum atomic E-state index is 5.58. The molecule has 0 unspecified atom stereocenters. The molecule has 0 amide bonds. The summed E-state index contributed by atoms with van der Waals surface area (Å²) in [5.41, 5.74) is 7.59. The van der Waals surface area contributed by atoms with Gasteiger partial charge in [-0.3, -0.25) is 0 Å². The lowest BCUT2D eigenvalue weighted by Crippen LogP contribution is -2.10. The molecular weight excluding hydrogens is 272 g/mol. The van der Waals surface area contributed by atoms with Crippen LogP contribution in [-0.2, 0) is 0 Å². The summed E-state index contributed by atoms with van der Waals surface area (Å²) in [6.07, 6.45) is 2.72. The fraction of sp³-hybridized carbons (Fsp3) is 0.364. The van der Waals surface area contributed by atoms with Crippen molar-refractivity contribution in [2.45, 2.75) is 12.8 Å². The van der Waals surface area contributed by atoms with Crippen molar-refractivity contribution in [1.29, 1.82) is 0 Å². The summed E-state index contributed by atoms with van der Waals surface area (Å²) in [6, 6.07) is 5.99. The van der Waals surface area contributed by atoms with Crippen molar-refractivity contribution in [2.75, 3.05) is 11.9 Å². The van der Waals surface area contributed by atoms with E-state index in [1.54, 1.807) is 0 Å². The molecule has 4 heteroatoms. The highest BCUT2D eigenvalue weighted by Crippen LogP contribution is 2.29. The highest BCUT2D eigenvalue weighted by atomic mass is 79.9. The number of hydrogen-bond acceptors (Lipinski definition) is 2. The second-order valence-electron chi connectivity index (χ2n) is 3.88. The third kappa shape index (κ3) is 2.92. The van der Waals surface area contributed by atoms with Crippen LogP contribution in [0.15, 0.2) is 22.7 Å². The van der Waals surface area contributed by atoms with Gasteiger partial charge in [-0.1, -0.05) is 12.2 Å². The Bertz CT molecular complexity index is 388. The Morgan fingerprint density at radius 3 is 2.80 bits per heavy atom. The first-order valence-electron chi connectivity index (χ1n) is 5.00. The largest absolute Gasteiger partial charge is 0.389 e. The maximum Gasteiger partial charge on any atom is 0.105 e. The van der Waals surface area contributed by atoms with Gasteiger partial charge in [0.1, 0.15) is 4.99 Å². The molecule has 1 aliphatic rings. The zero-order valence-corrected chi connectivity index (χ0v) is 10.7. The van der Waals surface area contributed by atoms with Crippen molar-refractivity contribution >= 4 is 38.8 Å². The van der Waals surface area contributed by atoms with E-state index >= 15 is 0 Å². The number of anilines is 1. The van der Waals surface area contributed by atoms with Crippen LogP contribution in [0.1, 0.15) is 18.4 Å².